The third kappa shape index (κ3) is 2.43. The van der Waals surface area contributed by atoms with Gasteiger partial charge in [-0.25, -0.2) is 0 Å². The minimum absolute atomic E-state index is 1.14. The van der Waals surface area contributed by atoms with Gasteiger partial charge in [0.15, 0.2) is 0 Å². The molecule has 16 heavy (non-hydrogen) atoms. The second kappa shape index (κ2) is 5.44. The third-order valence-electron chi connectivity index (χ3n) is 2.92. The van der Waals surface area contributed by atoms with Crippen LogP contribution in [-0.4, -0.2) is 16.1 Å². The largest absolute Gasteiger partial charge is 0.347 e. The smallest absolute Gasteiger partial charge is 0.0482 e. The Hall–Kier alpha value is -0.890. The number of rotatable bonds is 5. The predicted octanol–water partition coefficient (Wildman–Crippen LogP) is 4.09. The summed E-state index contributed by atoms with van der Waals surface area (Å²) in [6.07, 6.45) is 3.48. The van der Waals surface area contributed by atoms with Crippen LogP contribution in [0.2, 0.25) is 0 Å². The summed E-state index contributed by atoms with van der Waals surface area (Å²) in [5.74, 6) is 2.49. The lowest BCUT2D eigenvalue weighted by molar-refractivity contribution is 0.709. The second-order valence-corrected chi connectivity index (χ2v) is 5.46. The van der Waals surface area contributed by atoms with E-state index >= 15 is 0 Å². The number of hydrogen-bond donors (Lipinski definition) is 0. The van der Waals surface area contributed by atoms with E-state index in [-0.39, 0.29) is 0 Å². The minimum atomic E-state index is 1.14. The number of fused-ring (bicyclic) bond motifs is 1. The molecule has 0 fully saturated rings. The number of thioether (sulfide) groups is 1. The summed E-state index contributed by atoms with van der Waals surface area (Å²) in [6.45, 7) is 5.54. The lowest BCUT2D eigenvalue weighted by Gasteiger charge is -2.05. The highest BCUT2D eigenvalue weighted by atomic mass is 32.2. The maximum absolute atomic E-state index is 2.37. The zero-order chi connectivity index (χ0) is 11.4. The summed E-state index contributed by atoms with van der Waals surface area (Å²) in [6, 6.07) is 8.78. The zero-order valence-electron chi connectivity index (χ0n) is 10.1. The summed E-state index contributed by atoms with van der Waals surface area (Å²) in [5.41, 5.74) is 2.75. The molecule has 0 aliphatic heterocycles. The minimum Gasteiger partial charge on any atom is -0.347 e. The van der Waals surface area contributed by atoms with Crippen LogP contribution in [0.4, 0.5) is 0 Å². The molecule has 0 bridgehead atoms. The lowest BCUT2D eigenvalue weighted by Crippen LogP contribution is -1.97. The standard InChI is InChI=1S/C14H19NS/c1-3-16-11-5-9-15-10-8-13-12(2)6-4-7-14(13)15/h4,6-8,10H,3,5,9,11H2,1-2H3. The molecule has 1 aromatic heterocycles. The number of aromatic nitrogens is 1. The van der Waals surface area contributed by atoms with E-state index in [2.05, 4.69) is 48.9 Å². The number of benzene rings is 1. The summed E-state index contributed by atoms with van der Waals surface area (Å²) in [4.78, 5) is 0. The van der Waals surface area contributed by atoms with Crippen molar-refractivity contribution >= 4 is 22.7 Å². The average Bonchev–Trinajstić information content (AvgIpc) is 2.70. The molecule has 1 heterocycles. The molecule has 0 saturated carbocycles. The average molecular weight is 233 g/mol. The van der Waals surface area contributed by atoms with E-state index in [4.69, 9.17) is 0 Å². The Morgan fingerprint density at radius 3 is 2.94 bits per heavy atom. The monoisotopic (exact) mass is 233 g/mol. The first kappa shape index (κ1) is 11.6. The van der Waals surface area contributed by atoms with Crippen LogP contribution in [0.25, 0.3) is 10.9 Å². The molecule has 0 amide bonds. The molecule has 0 saturated heterocycles. The highest BCUT2D eigenvalue weighted by molar-refractivity contribution is 7.99. The second-order valence-electron chi connectivity index (χ2n) is 4.07. The van der Waals surface area contributed by atoms with Crippen molar-refractivity contribution in [1.29, 1.82) is 0 Å². The highest BCUT2D eigenvalue weighted by Gasteiger charge is 2.01. The van der Waals surface area contributed by atoms with Crippen molar-refractivity contribution in [3.8, 4) is 0 Å². The predicted molar refractivity (Wildman–Crippen MR) is 74.3 cm³/mol. The van der Waals surface area contributed by atoms with Crippen LogP contribution >= 0.6 is 11.8 Å². The molecular weight excluding hydrogens is 214 g/mol. The molecule has 0 spiro atoms. The van der Waals surface area contributed by atoms with E-state index in [1.807, 2.05) is 11.8 Å². The van der Waals surface area contributed by atoms with Crippen molar-refractivity contribution in [1.82, 2.24) is 4.57 Å². The Morgan fingerprint density at radius 2 is 2.12 bits per heavy atom. The summed E-state index contributed by atoms with van der Waals surface area (Å²) in [7, 11) is 0. The molecule has 0 aliphatic rings. The van der Waals surface area contributed by atoms with Crippen LogP contribution in [0.1, 0.15) is 18.9 Å². The van der Waals surface area contributed by atoms with Gasteiger partial charge in [-0.05, 0) is 42.5 Å². The number of aryl methyl sites for hydroxylation is 2. The SMILES string of the molecule is CCSCCCn1ccc2c(C)cccc21. The van der Waals surface area contributed by atoms with Crippen LogP contribution in [0.5, 0.6) is 0 Å². The van der Waals surface area contributed by atoms with Crippen LogP contribution < -0.4 is 0 Å². The fourth-order valence-electron chi connectivity index (χ4n) is 2.05. The van der Waals surface area contributed by atoms with Crippen molar-refractivity contribution in [2.24, 2.45) is 0 Å². The molecule has 0 atom stereocenters. The van der Waals surface area contributed by atoms with Crippen LogP contribution in [-0.2, 0) is 6.54 Å². The fourth-order valence-corrected chi connectivity index (χ4v) is 2.68. The van der Waals surface area contributed by atoms with Gasteiger partial charge in [0.05, 0.1) is 0 Å². The molecule has 2 rings (SSSR count). The Morgan fingerprint density at radius 1 is 1.25 bits per heavy atom. The molecule has 2 aromatic rings. The Balaban J connectivity index is 2.10. The maximum Gasteiger partial charge on any atom is 0.0482 e. The topological polar surface area (TPSA) is 4.93 Å². The van der Waals surface area contributed by atoms with Gasteiger partial charge in [0.2, 0.25) is 0 Å². The Bertz CT molecular complexity index is 459. The maximum atomic E-state index is 2.37. The summed E-state index contributed by atoms with van der Waals surface area (Å²) >= 11 is 2.03. The fraction of sp³-hybridized carbons (Fsp3) is 0.429. The first-order valence-electron chi connectivity index (χ1n) is 5.95. The summed E-state index contributed by atoms with van der Waals surface area (Å²) in [5, 5.41) is 1.39. The van der Waals surface area contributed by atoms with Crippen LogP contribution in [0.15, 0.2) is 30.5 Å². The van der Waals surface area contributed by atoms with Crippen molar-refractivity contribution in [2.75, 3.05) is 11.5 Å². The van der Waals surface area contributed by atoms with Gasteiger partial charge in [-0.1, -0.05) is 19.1 Å². The molecule has 2 heteroatoms. The van der Waals surface area contributed by atoms with Gasteiger partial charge in [-0.3, -0.25) is 0 Å². The molecule has 0 aliphatic carbocycles. The molecule has 0 N–H and O–H groups in total. The molecule has 0 radical (unpaired) electrons. The third-order valence-corrected chi connectivity index (χ3v) is 3.91. The van der Waals surface area contributed by atoms with Gasteiger partial charge in [0, 0.05) is 23.6 Å². The van der Waals surface area contributed by atoms with Crippen LogP contribution in [0.3, 0.4) is 0 Å². The Labute approximate surface area is 102 Å². The Kier molecular flexibility index (Phi) is 3.94. The van der Waals surface area contributed by atoms with Crippen molar-refractivity contribution in [2.45, 2.75) is 26.8 Å². The van der Waals surface area contributed by atoms with Gasteiger partial charge in [0.25, 0.3) is 0 Å². The molecule has 86 valence electrons. The van der Waals surface area contributed by atoms with Crippen LogP contribution in [0, 0.1) is 6.92 Å². The van der Waals surface area contributed by atoms with Gasteiger partial charge >= 0.3 is 0 Å². The van der Waals surface area contributed by atoms with Gasteiger partial charge in [-0.15, -0.1) is 0 Å². The number of nitrogens with zero attached hydrogens (tertiary/aromatic N) is 1. The first-order chi connectivity index (χ1) is 7.83. The van der Waals surface area contributed by atoms with Gasteiger partial charge < -0.3 is 4.57 Å². The van der Waals surface area contributed by atoms with E-state index in [1.54, 1.807) is 0 Å². The molecular formula is C14H19NS. The lowest BCUT2D eigenvalue weighted by atomic mass is 10.1. The molecule has 1 aromatic carbocycles. The molecule has 1 nitrogen and oxygen atoms in total. The van der Waals surface area contributed by atoms with Gasteiger partial charge in [0.1, 0.15) is 0 Å². The highest BCUT2D eigenvalue weighted by Crippen LogP contribution is 2.20. The van der Waals surface area contributed by atoms with Crippen molar-refractivity contribution in [3.05, 3.63) is 36.0 Å². The number of hydrogen-bond acceptors (Lipinski definition) is 1. The molecule has 0 unspecified atom stereocenters. The van der Waals surface area contributed by atoms with E-state index in [9.17, 15) is 0 Å². The van der Waals surface area contributed by atoms with Gasteiger partial charge in [-0.2, -0.15) is 11.8 Å². The zero-order valence-corrected chi connectivity index (χ0v) is 10.9. The summed E-state index contributed by atoms with van der Waals surface area (Å²) < 4.78 is 2.37. The first-order valence-corrected chi connectivity index (χ1v) is 7.10. The van der Waals surface area contributed by atoms with E-state index in [0.29, 0.717) is 0 Å². The van der Waals surface area contributed by atoms with Crippen molar-refractivity contribution < 1.29 is 0 Å². The van der Waals surface area contributed by atoms with E-state index in [0.717, 1.165) is 6.54 Å². The van der Waals surface area contributed by atoms with E-state index < -0.39 is 0 Å². The van der Waals surface area contributed by atoms with Crippen molar-refractivity contribution in [3.63, 3.8) is 0 Å². The quantitative estimate of drug-likeness (QED) is 0.704. The normalized spacial score (nSPS) is 11.1. The van der Waals surface area contributed by atoms with E-state index in [1.165, 1.54) is 34.4 Å².